The first kappa shape index (κ1) is 14.0. The largest absolute Gasteiger partial charge is 0.378 e. The fraction of sp³-hybridized carbons (Fsp3) is 0.357. The molecule has 0 aliphatic carbocycles. The van der Waals surface area contributed by atoms with Crippen LogP contribution in [0.3, 0.4) is 0 Å². The van der Waals surface area contributed by atoms with E-state index in [0.29, 0.717) is 18.0 Å². The van der Waals surface area contributed by atoms with E-state index < -0.39 is 5.91 Å². The number of nitrogens with one attached hydrogen (secondary N) is 1. The van der Waals surface area contributed by atoms with Gasteiger partial charge < -0.3 is 11.1 Å². The Labute approximate surface area is 118 Å². The van der Waals surface area contributed by atoms with Gasteiger partial charge in [-0.15, -0.1) is 0 Å². The van der Waals surface area contributed by atoms with Crippen molar-refractivity contribution in [3.63, 3.8) is 0 Å². The Hall–Kier alpha value is -2.37. The van der Waals surface area contributed by atoms with Gasteiger partial charge >= 0.3 is 0 Å². The van der Waals surface area contributed by atoms with Crippen LogP contribution >= 0.6 is 0 Å². The van der Waals surface area contributed by atoms with Crippen molar-refractivity contribution in [3.05, 3.63) is 42.0 Å². The van der Waals surface area contributed by atoms with Crippen LogP contribution in [0, 0.1) is 5.92 Å². The van der Waals surface area contributed by atoms with Crippen LogP contribution in [0.4, 0.5) is 5.69 Å². The zero-order valence-corrected chi connectivity index (χ0v) is 11.7. The number of rotatable bonds is 6. The average Bonchev–Trinajstić information content (AvgIpc) is 2.83. The maximum Gasteiger partial charge on any atom is 0.248 e. The molecule has 20 heavy (non-hydrogen) atoms. The number of hydrogen-bond donors (Lipinski definition) is 2. The molecule has 6 heteroatoms. The Bertz CT molecular complexity index is 574. The normalized spacial score (nSPS) is 10.8. The van der Waals surface area contributed by atoms with Crippen LogP contribution in [0.1, 0.15) is 30.0 Å². The third-order valence-corrected chi connectivity index (χ3v) is 2.85. The van der Waals surface area contributed by atoms with Gasteiger partial charge in [0.2, 0.25) is 5.91 Å². The molecule has 2 aromatic rings. The standard InChI is InChI=1S/C14H19N5O/c1-10(2)8-19-13(17-9-18-19)7-16-12-5-3-11(4-6-12)14(15)20/h3-6,9-10,16H,7-8H2,1-2H3,(H2,15,20). The molecule has 6 nitrogen and oxygen atoms in total. The lowest BCUT2D eigenvalue weighted by molar-refractivity contribution is 0.100. The van der Waals surface area contributed by atoms with Crippen LogP contribution in [-0.2, 0) is 13.1 Å². The van der Waals surface area contributed by atoms with Gasteiger partial charge in [-0.25, -0.2) is 9.67 Å². The van der Waals surface area contributed by atoms with Crippen molar-refractivity contribution in [2.24, 2.45) is 11.7 Å². The smallest absolute Gasteiger partial charge is 0.248 e. The number of primary amides is 1. The maximum absolute atomic E-state index is 11.0. The molecule has 3 N–H and O–H groups in total. The summed E-state index contributed by atoms with van der Waals surface area (Å²) in [5, 5.41) is 7.46. The van der Waals surface area contributed by atoms with Crippen molar-refractivity contribution in [1.82, 2.24) is 14.8 Å². The Balaban J connectivity index is 1.98. The zero-order chi connectivity index (χ0) is 14.5. The Morgan fingerprint density at radius 2 is 2.05 bits per heavy atom. The quantitative estimate of drug-likeness (QED) is 0.838. The van der Waals surface area contributed by atoms with Crippen LogP contribution in [-0.4, -0.2) is 20.7 Å². The summed E-state index contributed by atoms with van der Waals surface area (Å²) in [7, 11) is 0. The first-order chi connectivity index (χ1) is 9.56. The van der Waals surface area contributed by atoms with Gasteiger partial charge in [-0.2, -0.15) is 5.10 Å². The van der Waals surface area contributed by atoms with E-state index in [9.17, 15) is 4.79 Å². The van der Waals surface area contributed by atoms with Gasteiger partial charge in [0, 0.05) is 17.8 Å². The highest BCUT2D eigenvalue weighted by atomic mass is 16.1. The molecule has 0 spiro atoms. The van der Waals surface area contributed by atoms with Crippen molar-refractivity contribution < 1.29 is 4.79 Å². The molecule has 0 atom stereocenters. The summed E-state index contributed by atoms with van der Waals surface area (Å²) in [5.41, 5.74) is 6.61. The number of nitrogens with zero attached hydrogens (tertiary/aromatic N) is 3. The Kier molecular flexibility index (Phi) is 4.34. The van der Waals surface area contributed by atoms with Gasteiger partial charge in [0.25, 0.3) is 0 Å². The molecule has 1 amide bonds. The molecule has 0 bridgehead atoms. The van der Waals surface area contributed by atoms with E-state index in [4.69, 9.17) is 5.73 Å². The Morgan fingerprint density at radius 1 is 1.35 bits per heavy atom. The average molecular weight is 273 g/mol. The first-order valence-corrected chi connectivity index (χ1v) is 6.56. The molecule has 0 aliphatic heterocycles. The van der Waals surface area contributed by atoms with Gasteiger partial charge in [0.05, 0.1) is 6.54 Å². The molecule has 106 valence electrons. The minimum absolute atomic E-state index is 0.423. The van der Waals surface area contributed by atoms with Gasteiger partial charge in [-0.3, -0.25) is 4.79 Å². The molecule has 1 aromatic heterocycles. The van der Waals surface area contributed by atoms with E-state index in [0.717, 1.165) is 18.1 Å². The van der Waals surface area contributed by atoms with E-state index in [1.54, 1.807) is 18.5 Å². The van der Waals surface area contributed by atoms with E-state index in [2.05, 4.69) is 29.2 Å². The van der Waals surface area contributed by atoms with Gasteiger partial charge in [0.1, 0.15) is 12.2 Å². The number of benzene rings is 1. The second-order valence-corrected chi connectivity index (χ2v) is 5.05. The predicted octanol–water partition coefficient (Wildman–Crippen LogP) is 1.65. The summed E-state index contributed by atoms with van der Waals surface area (Å²) in [4.78, 5) is 15.2. The molecule has 1 heterocycles. The van der Waals surface area contributed by atoms with Crippen LogP contribution in [0.5, 0.6) is 0 Å². The van der Waals surface area contributed by atoms with E-state index in [-0.39, 0.29) is 0 Å². The van der Waals surface area contributed by atoms with E-state index >= 15 is 0 Å². The summed E-state index contributed by atoms with van der Waals surface area (Å²) >= 11 is 0. The van der Waals surface area contributed by atoms with Crippen molar-refractivity contribution >= 4 is 11.6 Å². The van der Waals surface area contributed by atoms with Crippen LogP contribution in [0.2, 0.25) is 0 Å². The SMILES string of the molecule is CC(C)Cn1ncnc1CNc1ccc(C(N)=O)cc1. The third kappa shape index (κ3) is 3.57. The molecule has 0 saturated heterocycles. The molecule has 0 saturated carbocycles. The highest BCUT2D eigenvalue weighted by Crippen LogP contribution is 2.10. The fourth-order valence-electron chi connectivity index (χ4n) is 1.86. The number of hydrogen-bond acceptors (Lipinski definition) is 4. The summed E-state index contributed by atoms with van der Waals surface area (Å²) in [6.45, 7) is 5.71. The number of nitrogens with two attached hydrogens (primary N) is 1. The van der Waals surface area contributed by atoms with Crippen molar-refractivity contribution in [2.45, 2.75) is 26.9 Å². The van der Waals surface area contributed by atoms with Gasteiger partial charge in [-0.05, 0) is 30.2 Å². The minimum Gasteiger partial charge on any atom is -0.378 e. The second kappa shape index (κ2) is 6.18. The number of aromatic nitrogens is 3. The van der Waals surface area contributed by atoms with E-state index in [1.807, 2.05) is 16.8 Å². The molecule has 0 unspecified atom stereocenters. The topological polar surface area (TPSA) is 85.8 Å². The first-order valence-electron chi connectivity index (χ1n) is 6.56. The Morgan fingerprint density at radius 3 is 2.65 bits per heavy atom. The molecule has 0 fully saturated rings. The summed E-state index contributed by atoms with van der Waals surface area (Å²) < 4.78 is 1.90. The lowest BCUT2D eigenvalue weighted by Gasteiger charge is -2.10. The molecular formula is C14H19N5O. The number of anilines is 1. The molecule has 0 aliphatic rings. The predicted molar refractivity (Wildman–Crippen MR) is 77.1 cm³/mol. The maximum atomic E-state index is 11.0. The zero-order valence-electron chi connectivity index (χ0n) is 11.7. The summed E-state index contributed by atoms with van der Waals surface area (Å²) in [6.07, 6.45) is 1.57. The lowest BCUT2D eigenvalue weighted by Crippen LogP contribution is -2.13. The molecule has 0 radical (unpaired) electrons. The second-order valence-electron chi connectivity index (χ2n) is 5.05. The van der Waals surface area contributed by atoms with Crippen molar-refractivity contribution in [2.75, 3.05) is 5.32 Å². The monoisotopic (exact) mass is 273 g/mol. The molecule has 2 rings (SSSR count). The van der Waals surface area contributed by atoms with Crippen molar-refractivity contribution in [1.29, 1.82) is 0 Å². The lowest BCUT2D eigenvalue weighted by atomic mass is 10.2. The summed E-state index contributed by atoms with van der Waals surface area (Å²) in [6, 6.07) is 7.04. The van der Waals surface area contributed by atoms with Gasteiger partial charge in [0.15, 0.2) is 0 Å². The van der Waals surface area contributed by atoms with Crippen LogP contribution < -0.4 is 11.1 Å². The van der Waals surface area contributed by atoms with E-state index in [1.165, 1.54) is 0 Å². The molecule has 1 aromatic carbocycles. The molecular weight excluding hydrogens is 254 g/mol. The fourth-order valence-corrected chi connectivity index (χ4v) is 1.86. The van der Waals surface area contributed by atoms with Crippen LogP contribution in [0.15, 0.2) is 30.6 Å². The van der Waals surface area contributed by atoms with Gasteiger partial charge in [-0.1, -0.05) is 13.8 Å². The third-order valence-electron chi connectivity index (χ3n) is 2.85. The summed E-state index contributed by atoms with van der Waals surface area (Å²) in [5.74, 6) is 0.983. The van der Waals surface area contributed by atoms with Crippen LogP contribution in [0.25, 0.3) is 0 Å². The number of carbonyl (C=O) groups is 1. The highest BCUT2D eigenvalue weighted by molar-refractivity contribution is 5.93. The minimum atomic E-state index is -0.423. The highest BCUT2D eigenvalue weighted by Gasteiger charge is 2.06. The number of amides is 1. The van der Waals surface area contributed by atoms with Crippen molar-refractivity contribution in [3.8, 4) is 0 Å². The number of carbonyl (C=O) groups excluding carboxylic acids is 1.